The maximum absolute atomic E-state index is 12.7. The summed E-state index contributed by atoms with van der Waals surface area (Å²) >= 11 is 0. The zero-order valence-electron chi connectivity index (χ0n) is 14.0. The van der Waals surface area contributed by atoms with Gasteiger partial charge in [0.25, 0.3) is 5.56 Å². The first kappa shape index (κ1) is 17.2. The number of fused-ring (bicyclic) bond motifs is 1. The summed E-state index contributed by atoms with van der Waals surface area (Å²) in [5.74, 6) is 0.125. The first-order valence-corrected chi connectivity index (χ1v) is 8.19. The van der Waals surface area contributed by atoms with Gasteiger partial charge in [-0.15, -0.1) is 0 Å². The van der Waals surface area contributed by atoms with Gasteiger partial charge in [-0.25, -0.2) is 9.78 Å². The quantitative estimate of drug-likeness (QED) is 0.691. The number of aryl methyl sites for hydroxylation is 2. The van der Waals surface area contributed by atoms with Crippen LogP contribution in [0.3, 0.4) is 0 Å². The molecule has 0 saturated heterocycles. The molecule has 7 nitrogen and oxygen atoms in total. The SMILES string of the molecule is CCCn1c(=O)n(CCCCC(C)=O)c(=O)c2c1ncn2CC. The van der Waals surface area contributed by atoms with Crippen LogP contribution >= 0.6 is 0 Å². The molecule has 0 unspecified atom stereocenters. The Balaban J connectivity index is 2.48. The highest BCUT2D eigenvalue weighted by molar-refractivity contribution is 5.75. The number of hydrogen-bond donors (Lipinski definition) is 0. The summed E-state index contributed by atoms with van der Waals surface area (Å²) in [4.78, 5) is 40.6. The van der Waals surface area contributed by atoms with Gasteiger partial charge in [0.05, 0.1) is 6.33 Å². The second-order valence-electron chi connectivity index (χ2n) is 5.75. The molecule has 0 aliphatic heterocycles. The molecule has 2 aromatic heterocycles. The molecule has 0 N–H and O–H groups in total. The van der Waals surface area contributed by atoms with Gasteiger partial charge in [0.2, 0.25) is 0 Å². The molecule has 0 aliphatic carbocycles. The molecule has 7 heteroatoms. The van der Waals surface area contributed by atoms with Crippen molar-refractivity contribution in [2.24, 2.45) is 0 Å². The predicted molar refractivity (Wildman–Crippen MR) is 88.8 cm³/mol. The average Bonchev–Trinajstić information content (AvgIpc) is 2.94. The number of nitrogens with zero attached hydrogens (tertiary/aromatic N) is 4. The topological polar surface area (TPSA) is 78.9 Å². The van der Waals surface area contributed by atoms with Crippen LogP contribution in [0.5, 0.6) is 0 Å². The van der Waals surface area contributed by atoms with Crippen LogP contribution in [0.15, 0.2) is 15.9 Å². The van der Waals surface area contributed by atoms with Crippen LogP contribution in [0.25, 0.3) is 11.2 Å². The lowest BCUT2D eigenvalue weighted by Gasteiger charge is -2.11. The van der Waals surface area contributed by atoms with E-state index in [-0.39, 0.29) is 17.0 Å². The van der Waals surface area contributed by atoms with Crippen LogP contribution in [0.2, 0.25) is 0 Å². The Labute approximate surface area is 134 Å². The van der Waals surface area contributed by atoms with Gasteiger partial charge in [-0.1, -0.05) is 6.92 Å². The van der Waals surface area contributed by atoms with Gasteiger partial charge >= 0.3 is 5.69 Å². The number of hydrogen-bond acceptors (Lipinski definition) is 4. The number of carbonyl (C=O) groups is 1. The smallest absolute Gasteiger partial charge is 0.325 e. The van der Waals surface area contributed by atoms with Crippen molar-refractivity contribution in [2.75, 3.05) is 0 Å². The van der Waals surface area contributed by atoms with E-state index < -0.39 is 0 Å². The van der Waals surface area contributed by atoms with E-state index in [2.05, 4.69) is 4.98 Å². The Morgan fingerprint density at radius 3 is 2.48 bits per heavy atom. The van der Waals surface area contributed by atoms with Crippen molar-refractivity contribution in [1.29, 1.82) is 0 Å². The van der Waals surface area contributed by atoms with Gasteiger partial charge in [-0.2, -0.15) is 0 Å². The minimum Gasteiger partial charge on any atom is -0.325 e. The fraction of sp³-hybridized carbons (Fsp3) is 0.625. The van der Waals surface area contributed by atoms with Crippen LogP contribution < -0.4 is 11.2 Å². The van der Waals surface area contributed by atoms with Crippen LogP contribution in [-0.2, 0) is 24.4 Å². The van der Waals surface area contributed by atoms with Crippen molar-refractivity contribution >= 4 is 16.9 Å². The van der Waals surface area contributed by atoms with Crippen molar-refractivity contribution in [3.63, 3.8) is 0 Å². The summed E-state index contributed by atoms with van der Waals surface area (Å²) in [7, 11) is 0. The lowest BCUT2D eigenvalue weighted by Crippen LogP contribution is -2.40. The molecule has 0 aromatic carbocycles. The van der Waals surface area contributed by atoms with Crippen molar-refractivity contribution < 1.29 is 4.79 Å². The number of unbranched alkanes of at least 4 members (excludes halogenated alkanes) is 1. The maximum atomic E-state index is 12.7. The zero-order valence-corrected chi connectivity index (χ0v) is 14.0. The number of carbonyl (C=O) groups excluding carboxylic acids is 1. The third-order valence-corrected chi connectivity index (χ3v) is 3.93. The number of imidazole rings is 1. The Morgan fingerprint density at radius 1 is 1.13 bits per heavy atom. The molecular formula is C16H24N4O3. The normalized spacial score (nSPS) is 11.3. The molecule has 0 bridgehead atoms. The van der Waals surface area contributed by atoms with E-state index >= 15 is 0 Å². The molecule has 126 valence electrons. The Kier molecular flexibility index (Phi) is 5.52. The molecule has 2 aromatic rings. The summed E-state index contributed by atoms with van der Waals surface area (Å²) in [6, 6.07) is 0. The summed E-state index contributed by atoms with van der Waals surface area (Å²) in [6.07, 6.45) is 4.19. The summed E-state index contributed by atoms with van der Waals surface area (Å²) in [5, 5.41) is 0. The molecule has 2 rings (SSSR count). The minimum atomic E-state index is -0.312. The van der Waals surface area contributed by atoms with Gasteiger partial charge in [0.1, 0.15) is 5.78 Å². The molecular weight excluding hydrogens is 296 g/mol. The first-order valence-electron chi connectivity index (χ1n) is 8.19. The van der Waals surface area contributed by atoms with Gasteiger partial charge in [0.15, 0.2) is 11.2 Å². The van der Waals surface area contributed by atoms with E-state index in [0.29, 0.717) is 50.1 Å². The van der Waals surface area contributed by atoms with Crippen molar-refractivity contribution in [1.82, 2.24) is 18.7 Å². The second-order valence-corrected chi connectivity index (χ2v) is 5.75. The number of aromatic nitrogens is 4. The second kappa shape index (κ2) is 7.39. The van der Waals surface area contributed by atoms with E-state index in [4.69, 9.17) is 0 Å². The fourth-order valence-electron chi connectivity index (χ4n) is 2.74. The van der Waals surface area contributed by atoms with Crippen LogP contribution in [0, 0.1) is 0 Å². The fourth-order valence-corrected chi connectivity index (χ4v) is 2.74. The van der Waals surface area contributed by atoms with Gasteiger partial charge < -0.3 is 9.36 Å². The molecule has 2 heterocycles. The van der Waals surface area contributed by atoms with E-state index in [9.17, 15) is 14.4 Å². The molecule has 0 atom stereocenters. The van der Waals surface area contributed by atoms with Gasteiger partial charge in [-0.3, -0.25) is 13.9 Å². The molecule has 0 radical (unpaired) electrons. The molecule has 0 spiro atoms. The van der Waals surface area contributed by atoms with Gasteiger partial charge in [0, 0.05) is 26.1 Å². The zero-order chi connectivity index (χ0) is 17.0. The van der Waals surface area contributed by atoms with Crippen molar-refractivity contribution in [3.05, 3.63) is 27.2 Å². The lowest BCUT2D eigenvalue weighted by molar-refractivity contribution is -0.117. The Bertz CT molecular complexity index is 813. The third kappa shape index (κ3) is 3.43. The van der Waals surface area contributed by atoms with Crippen molar-refractivity contribution in [2.45, 2.75) is 66.1 Å². The number of Topliss-reactive ketones (excluding diaryl/α,β-unsaturated/α-hetero) is 1. The molecule has 0 amide bonds. The summed E-state index contributed by atoms with van der Waals surface area (Å²) < 4.78 is 4.63. The van der Waals surface area contributed by atoms with Crippen LogP contribution in [-0.4, -0.2) is 24.5 Å². The lowest BCUT2D eigenvalue weighted by atomic mass is 10.2. The standard InChI is InChI=1S/C16H24N4O3/c1-4-9-19-14-13(18(5-2)11-17-14)15(22)20(16(19)23)10-7-6-8-12(3)21/h11H,4-10H2,1-3H3. The predicted octanol–water partition coefficient (Wildman–Crippen LogP) is 1.55. The minimum absolute atomic E-state index is 0.125. The molecule has 23 heavy (non-hydrogen) atoms. The molecule has 0 fully saturated rings. The highest BCUT2D eigenvalue weighted by Gasteiger charge is 2.16. The van der Waals surface area contributed by atoms with Gasteiger partial charge in [-0.05, 0) is 33.1 Å². The Hall–Kier alpha value is -2.18. The molecule has 0 aliphatic rings. The maximum Gasteiger partial charge on any atom is 0.332 e. The highest BCUT2D eigenvalue weighted by Crippen LogP contribution is 2.08. The van der Waals surface area contributed by atoms with E-state index in [0.717, 1.165) is 6.42 Å². The van der Waals surface area contributed by atoms with E-state index in [1.54, 1.807) is 22.4 Å². The largest absolute Gasteiger partial charge is 0.332 e. The van der Waals surface area contributed by atoms with Crippen LogP contribution in [0.1, 0.15) is 46.5 Å². The monoisotopic (exact) mass is 320 g/mol. The number of ketones is 1. The summed E-state index contributed by atoms with van der Waals surface area (Å²) in [5.41, 5.74) is 0.337. The number of rotatable bonds is 8. The van der Waals surface area contributed by atoms with Crippen LogP contribution in [0.4, 0.5) is 0 Å². The molecule has 0 saturated carbocycles. The third-order valence-electron chi connectivity index (χ3n) is 3.93. The van der Waals surface area contributed by atoms with Crippen molar-refractivity contribution in [3.8, 4) is 0 Å². The average molecular weight is 320 g/mol. The van der Waals surface area contributed by atoms with E-state index in [1.807, 2.05) is 13.8 Å². The van der Waals surface area contributed by atoms with E-state index in [1.165, 1.54) is 4.57 Å². The first-order chi connectivity index (χ1) is 11.0. The Morgan fingerprint density at radius 2 is 1.87 bits per heavy atom. The highest BCUT2D eigenvalue weighted by atomic mass is 16.2. The summed E-state index contributed by atoms with van der Waals surface area (Å²) in [6.45, 7) is 6.96.